The number of rotatable bonds is 1. The molecule has 1 N–H and O–H groups in total. The normalized spacial score (nSPS) is 11.0. The van der Waals surface area contributed by atoms with Crippen LogP contribution in [0.2, 0.25) is 0 Å². The molecule has 3 rings (SSSR count). The van der Waals surface area contributed by atoms with Crippen LogP contribution in [0.4, 0.5) is 0 Å². The first kappa shape index (κ1) is 8.23. The fourth-order valence-electron chi connectivity index (χ4n) is 1.79. The average Bonchev–Trinajstić information content (AvgIpc) is 2.85. The van der Waals surface area contributed by atoms with E-state index >= 15 is 0 Å². The maximum atomic E-state index is 4.27. The van der Waals surface area contributed by atoms with E-state index in [0.717, 1.165) is 16.7 Å². The van der Waals surface area contributed by atoms with Gasteiger partial charge in [0.25, 0.3) is 0 Å². The first-order valence-corrected chi connectivity index (χ1v) is 4.80. The molecule has 0 aliphatic rings. The van der Waals surface area contributed by atoms with Crippen LogP contribution in [-0.2, 0) is 0 Å². The third-order valence-electron chi connectivity index (χ3n) is 2.50. The monoisotopic (exact) mass is 198 g/mol. The zero-order chi connectivity index (χ0) is 10.3. The lowest BCUT2D eigenvalue weighted by Crippen LogP contribution is -1.95. The maximum absolute atomic E-state index is 4.27. The van der Waals surface area contributed by atoms with Crippen molar-refractivity contribution in [3.63, 3.8) is 0 Å². The van der Waals surface area contributed by atoms with Crippen molar-refractivity contribution in [2.24, 2.45) is 0 Å². The third kappa shape index (κ3) is 1.15. The Morgan fingerprint density at radius 1 is 1.27 bits per heavy atom. The summed E-state index contributed by atoms with van der Waals surface area (Å²) in [6, 6.07) is 7.99. The third-order valence-corrected chi connectivity index (χ3v) is 2.50. The molecule has 4 nitrogen and oxygen atoms in total. The highest BCUT2D eigenvalue weighted by Crippen LogP contribution is 2.22. The van der Waals surface area contributed by atoms with Gasteiger partial charge < -0.3 is 0 Å². The van der Waals surface area contributed by atoms with Gasteiger partial charge in [-0.2, -0.15) is 10.2 Å². The first-order chi connectivity index (χ1) is 7.36. The Morgan fingerprint density at radius 3 is 3.00 bits per heavy atom. The van der Waals surface area contributed by atoms with Crippen LogP contribution in [0, 0.1) is 6.92 Å². The molecule has 0 unspecified atom stereocenters. The summed E-state index contributed by atoms with van der Waals surface area (Å²) in [5.74, 6) is 0.855. The van der Waals surface area contributed by atoms with E-state index in [1.165, 1.54) is 5.56 Å². The van der Waals surface area contributed by atoms with E-state index < -0.39 is 0 Å². The summed E-state index contributed by atoms with van der Waals surface area (Å²) in [4.78, 5) is 0. The Labute approximate surface area is 86.5 Å². The second kappa shape index (κ2) is 2.95. The van der Waals surface area contributed by atoms with Crippen molar-refractivity contribution < 1.29 is 0 Å². The predicted octanol–water partition coefficient (Wildman–Crippen LogP) is 2.06. The number of nitrogens with one attached hydrogen (secondary N) is 1. The highest BCUT2D eigenvalue weighted by molar-refractivity contribution is 5.88. The second-order valence-corrected chi connectivity index (χ2v) is 3.50. The summed E-state index contributed by atoms with van der Waals surface area (Å²) in [5, 5.41) is 12.6. The summed E-state index contributed by atoms with van der Waals surface area (Å²) < 4.78 is 1.77. The van der Waals surface area contributed by atoms with Crippen molar-refractivity contribution in [2.75, 3.05) is 0 Å². The lowest BCUT2D eigenvalue weighted by atomic mass is 10.1. The molecule has 0 amide bonds. The molecule has 0 radical (unpaired) electrons. The van der Waals surface area contributed by atoms with E-state index in [2.05, 4.69) is 28.3 Å². The minimum atomic E-state index is 0.855. The molecular weight excluding hydrogens is 188 g/mol. The van der Waals surface area contributed by atoms with Gasteiger partial charge in [0.2, 0.25) is 0 Å². The summed E-state index contributed by atoms with van der Waals surface area (Å²) in [5.41, 5.74) is 2.24. The molecule has 74 valence electrons. The molecule has 1 aromatic carbocycles. The van der Waals surface area contributed by atoms with Crippen molar-refractivity contribution >= 4 is 10.9 Å². The SMILES string of the molecule is Cc1cccc2[nH]nc(-n3cccn3)c12. The van der Waals surface area contributed by atoms with E-state index in [9.17, 15) is 0 Å². The summed E-state index contributed by atoms with van der Waals surface area (Å²) in [7, 11) is 0. The molecule has 0 aliphatic carbocycles. The molecule has 0 atom stereocenters. The number of nitrogens with zero attached hydrogens (tertiary/aromatic N) is 3. The molecule has 0 aliphatic heterocycles. The van der Waals surface area contributed by atoms with E-state index in [0.29, 0.717) is 0 Å². The minimum Gasteiger partial charge on any atom is -0.276 e. The Bertz CT molecular complexity index is 592. The number of aryl methyl sites for hydroxylation is 1. The van der Waals surface area contributed by atoms with E-state index in [-0.39, 0.29) is 0 Å². The van der Waals surface area contributed by atoms with Crippen molar-refractivity contribution in [3.8, 4) is 5.82 Å². The van der Waals surface area contributed by atoms with Gasteiger partial charge in [0.05, 0.1) is 5.52 Å². The highest BCUT2D eigenvalue weighted by Gasteiger charge is 2.09. The highest BCUT2D eigenvalue weighted by atomic mass is 15.3. The van der Waals surface area contributed by atoms with E-state index in [1.807, 2.05) is 24.4 Å². The van der Waals surface area contributed by atoms with Crippen molar-refractivity contribution in [1.82, 2.24) is 20.0 Å². The summed E-state index contributed by atoms with van der Waals surface area (Å²) in [6.45, 7) is 2.07. The largest absolute Gasteiger partial charge is 0.276 e. The fourth-order valence-corrected chi connectivity index (χ4v) is 1.79. The Balaban J connectivity index is 2.37. The van der Waals surface area contributed by atoms with Crippen molar-refractivity contribution in [1.29, 1.82) is 0 Å². The van der Waals surface area contributed by atoms with Crippen LogP contribution in [-0.4, -0.2) is 20.0 Å². The van der Waals surface area contributed by atoms with Crippen LogP contribution in [0.1, 0.15) is 5.56 Å². The Kier molecular flexibility index (Phi) is 1.62. The van der Waals surface area contributed by atoms with Crippen LogP contribution in [0.3, 0.4) is 0 Å². The molecule has 0 bridgehead atoms. The van der Waals surface area contributed by atoms with Crippen LogP contribution < -0.4 is 0 Å². The van der Waals surface area contributed by atoms with Gasteiger partial charge in [-0.05, 0) is 24.6 Å². The number of benzene rings is 1. The zero-order valence-corrected chi connectivity index (χ0v) is 8.31. The molecule has 2 aromatic heterocycles. The summed E-state index contributed by atoms with van der Waals surface area (Å²) >= 11 is 0. The number of aromatic nitrogens is 4. The number of H-pyrrole nitrogens is 1. The van der Waals surface area contributed by atoms with E-state index in [4.69, 9.17) is 0 Å². The van der Waals surface area contributed by atoms with Gasteiger partial charge in [-0.3, -0.25) is 5.10 Å². The lowest BCUT2D eigenvalue weighted by Gasteiger charge is -1.99. The maximum Gasteiger partial charge on any atom is 0.182 e. The molecule has 15 heavy (non-hydrogen) atoms. The van der Waals surface area contributed by atoms with Gasteiger partial charge in [-0.15, -0.1) is 0 Å². The molecule has 4 heteroatoms. The molecule has 3 aromatic rings. The first-order valence-electron chi connectivity index (χ1n) is 4.80. The minimum absolute atomic E-state index is 0.855. The van der Waals surface area contributed by atoms with Gasteiger partial charge >= 0.3 is 0 Å². The van der Waals surface area contributed by atoms with Crippen LogP contribution in [0.15, 0.2) is 36.7 Å². The standard InChI is InChI=1S/C11H10N4/c1-8-4-2-5-9-10(8)11(14-13-9)15-7-3-6-12-15/h2-7H,1H3,(H,13,14). The van der Waals surface area contributed by atoms with Gasteiger partial charge in [0.15, 0.2) is 5.82 Å². The fraction of sp³-hybridized carbons (Fsp3) is 0.0909. The lowest BCUT2D eigenvalue weighted by molar-refractivity contribution is 0.841. The van der Waals surface area contributed by atoms with Gasteiger partial charge in [0, 0.05) is 17.8 Å². The molecule has 0 saturated heterocycles. The zero-order valence-electron chi connectivity index (χ0n) is 8.31. The number of aromatic amines is 1. The second-order valence-electron chi connectivity index (χ2n) is 3.50. The number of fused-ring (bicyclic) bond motifs is 1. The molecule has 2 heterocycles. The van der Waals surface area contributed by atoms with Crippen molar-refractivity contribution in [2.45, 2.75) is 6.92 Å². The molecule has 0 saturated carbocycles. The van der Waals surface area contributed by atoms with E-state index in [1.54, 1.807) is 10.9 Å². The predicted molar refractivity (Wildman–Crippen MR) is 58.0 cm³/mol. The number of hydrogen-bond donors (Lipinski definition) is 1. The average molecular weight is 198 g/mol. The molecule has 0 fully saturated rings. The number of hydrogen-bond acceptors (Lipinski definition) is 2. The van der Waals surface area contributed by atoms with Gasteiger partial charge in [-0.25, -0.2) is 4.68 Å². The van der Waals surface area contributed by atoms with Crippen LogP contribution in [0.5, 0.6) is 0 Å². The molecule has 0 spiro atoms. The summed E-state index contributed by atoms with van der Waals surface area (Å²) in [6.07, 6.45) is 3.64. The van der Waals surface area contributed by atoms with Crippen molar-refractivity contribution in [3.05, 3.63) is 42.2 Å². The smallest absolute Gasteiger partial charge is 0.182 e. The Morgan fingerprint density at radius 2 is 2.20 bits per heavy atom. The van der Waals surface area contributed by atoms with Crippen LogP contribution in [0.25, 0.3) is 16.7 Å². The van der Waals surface area contributed by atoms with Gasteiger partial charge in [-0.1, -0.05) is 12.1 Å². The molecular formula is C11H10N4. The van der Waals surface area contributed by atoms with Crippen LogP contribution >= 0.6 is 0 Å². The topological polar surface area (TPSA) is 46.5 Å². The van der Waals surface area contributed by atoms with Gasteiger partial charge in [0.1, 0.15) is 0 Å². The quantitative estimate of drug-likeness (QED) is 0.650. The Hall–Kier alpha value is -2.10.